The predicted molar refractivity (Wildman–Crippen MR) is 66.1 cm³/mol. The van der Waals surface area contributed by atoms with Crippen molar-refractivity contribution in [1.29, 1.82) is 0 Å². The minimum atomic E-state index is -4.51. The lowest BCUT2D eigenvalue weighted by Crippen LogP contribution is -2.10. The van der Waals surface area contributed by atoms with Gasteiger partial charge in [0, 0.05) is 11.1 Å². The van der Waals surface area contributed by atoms with Crippen molar-refractivity contribution in [1.82, 2.24) is 20.0 Å². The van der Waals surface area contributed by atoms with Crippen molar-refractivity contribution in [2.75, 3.05) is 5.73 Å². The molecule has 0 fully saturated rings. The molecular weight excluding hydrogens is 271 g/mol. The first-order valence-electron chi connectivity index (χ1n) is 5.60. The van der Waals surface area contributed by atoms with Gasteiger partial charge in [-0.05, 0) is 30.3 Å². The summed E-state index contributed by atoms with van der Waals surface area (Å²) < 4.78 is 38.7. The van der Waals surface area contributed by atoms with Gasteiger partial charge in [0.05, 0.1) is 11.7 Å². The molecule has 3 rings (SSSR count). The summed E-state index contributed by atoms with van der Waals surface area (Å²) in [5, 5.41) is 11.6. The van der Waals surface area contributed by atoms with Crippen molar-refractivity contribution < 1.29 is 13.2 Å². The number of aromatic nitrogens is 4. The number of anilines is 1. The van der Waals surface area contributed by atoms with Crippen LogP contribution in [0.2, 0.25) is 0 Å². The van der Waals surface area contributed by atoms with Crippen molar-refractivity contribution in [3.8, 4) is 5.82 Å². The maximum absolute atomic E-state index is 12.4. The van der Waals surface area contributed by atoms with Crippen molar-refractivity contribution >= 4 is 16.6 Å². The molecule has 0 amide bonds. The van der Waals surface area contributed by atoms with Gasteiger partial charge in [-0.1, -0.05) is 0 Å². The fraction of sp³-hybridized carbons (Fsp3) is 0.0833. The highest BCUT2D eigenvalue weighted by Crippen LogP contribution is 2.27. The molecule has 0 aliphatic heterocycles. The molecule has 8 heteroatoms. The Labute approximate surface area is 110 Å². The van der Waals surface area contributed by atoms with E-state index in [1.807, 2.05) is 0 Å². The Morgan fingerprint density at radius 2 is 1.85 bits per heavy atom. The van der Waals surface area contributed by atoms with Gasteiger partial charge < -0.3 is 5.73 Å². The largest absolute Gasteiger partial charge is 0.435 e. The van der Waals surface area contributed by atoms with E-state index in [2.05, 4.69) is 15.3 Å². The van der Waals surface area contributed by atoms with E-state index in [0.717, 1.165) is 11.5 Å². The maximum atomic E-state index is 12.4. The second-order valence-corrected chi connectivity index (χ2v) is 4.15. The normalized spacial score (nSPS) is 11.9. The van der Waals surface area contributed by atoms with Gasteiger partial charge in [0.2, 0.25) is 0 Å². The molecule has 3 aromatic rings. The molecule has 0 unspecified atom stereocenters. The number of nitrogen functional groups attached to an aromatic ring is 1. The average Bonchev–Trinajstić information content (AvgIpc) is 2.81. The molecule has 0 aliphatic rings. The molecule has 2 heterocycles. The van der Waals surface area contributed by atoms with Gasteiger partial charge in [-0.3, -0.25) is 0 Å². The Morgan fingerprint density at radius 1 is 1.05 bits per heavy atom. The Kier molecular flexibility index (Phi) is 2.60. The first-order chi connectivity index (χ1) is 9.45. The van der Waals surface area contributed by atoms with Crippen LogP contribution in [0.4, 0.5) is 18.9 Å². The molecule has 1 aromatic carbocycles. The lowest BCUT2D eigenvalue weighted by molar-refractivity contribution is -0.141. The molecule has 20 heavy (non-hydrogen) atoms. The number of hydrogen-bond donors (Lipinski definition) is 1. The quantitative estimate of drug-likeness (QED) is 0.694. The van der Waals surface area contributed by atoms with Gasteiger partial charge in [-0.2, -0.15) is 18.3 Å². The zero-order valence-electron chi connectivity index (χ0n) is 9.96. The molecule has 0 saturated carbocycles. The fourth-order valence-corrected chi connectivity index (χ4v) is 1.81. The van der Waals surface area contributed by atoms with E-state index >= 15 is 0 Å². The summed E-state index contributed by atoms with van der Waals surface area (Å²) in [6.45, 7) is 0. The van der Waals surface area contributed by atoms with Crippen LogP contribution >= 0.6 is 0 Å². The van der Waals surface area contributed by atoms with E-state index in [0.29, 0.717) is 11.2 Å². The summed E-state index contributed by atoms with van der Waals surface area (Å²) >= 11 is 0. The van der Waals surface area contributed by atoms with Crippen LogP contribution < -0.4 is 5.73 Å². The summed E-state index contributed by atoms with van der Waals surface area (Å²) in [5.41, 5.74) is 5.82. The van der Waals surface area contributed by atoms with Gasteiger partial charge in [0.1, 0.15) is 0 Å². The maximum Gasteiger partial charge on any atom is 0.435 e. The third-order valence-corrected chi connectivity index (χ3v) is 2.75. The number of halogens is 3. The van der Waals surface area contributed by atoms with Crippen LogP contribution in [0, 0.1) is 0 Å². The van der Waals surface area contributed by atoms with Crippen molar-refractivity contribution in [2.24, 2.45) is 0 Å². The van der Waals surface area contributed by atoms with E-state index in [9.17, 15) is 13.2 Å². The van der Waals surface area contributed by atoms with Gasteiger partial charge >= 0.3 is 6.18 Å². The Bertz CT molecular complexity index is 761. The molecule has 0 saturated heterocycles. The van der Waals surface area contributed by atoms with Crippen molar-refractivity contribution in [2.45, 2.75) is 6.18 Å². The zero-order valence-corrected chi connectivity index (χ0v) is 9.96. The van der Waals surface area contributed by atoms with E-state index in [4.69, 9.17) is 5.73 Å². The predicted octanol–water partition coefficient (Wildman–Crippen LogP) is 2.42. The zero-order chi connectivity index (χ0) is 14.3. The number of hydrogen-bond acceptors (Lipinski definition) is 4. The smallest absolute Gasteiger partial charge is 0.399 e. The monoisotopic (exact) mass is 279 g/mol. The Balaban J connectivity index is 2.09. The van der Waals surface area contributed by atoms with Gasteiger partial charge in [0.25, 0.3) is 0 Å². The lowest BCUT2D eigenvalue weighted by atomic mass is 10.2. The summed E-state index contributed by atoms with van der Waals surface area (Å²) in [4.78, 5) is 0. The topological polar surface area (TPSA) is 69.6 Å². The van der Waals surface area contributed by atoms with E-state index in [1.165, 1.54) is 10.7 Å². The van der Waals surface area contributed by atoms with Gasteiger partial charge in [0.15, 0.2) is 11.5 Å². The highest BCUT2D eigenvalue weighted by Gasteiger charge is 2.33. The van der Waals surface area contributed by atoms with Crippen LogP contribution in [-0.4, -0.2) is 20.0 Å². The highest BCUT2D eigenvalue weighted by molar-refractivity contribution is 5.83. The SMILES string of the molecule is Nc1ccc2cnn(-c3ccc(C(F)(F)F)nn3)c2c1. The molecule has 102 valence electrons. The number of nitrogens with zero attached hydrogens (tertiary/aromatic N) is 4. The second-order valence-electron chi connectivity index (χ2n) is 4.15. The molecule has 0 spiro atoms. The molecule has 0 radical (unpaired) electrons. The molecule has 2 aromatic heterocycles. The average molecular weight is 279 g/mol. The van der Waals surface area contributed by atoms with Crippen LogP contribution in [0.25, 0.3) is 16.7 Å². The van der Waals surface area contributed by atoms with Crippen LogP contribution in [0.15, 0.2) is 36.5 Å². The molecule has 5 nitrogen and oxygen atoms in total. The highest BCUT2D eigenvalue weighted by atomic mass is 19.4. The van der Waals surface area contributed by atoms with Crippen molar-refractivity contribution in [3.05, 3.63) is 42.2 Å². The second kappa shape index (κ2) is 4.19. The third kappa shape index (κ3) is 2.04. The summed E-state index contributed by atoms with van der Waals surface area (Å²) in [6.07, 6.45) is -2.93. The number of fused-ring (bicyclic) bond motifs is 1. The Hall–Kier alpha value is -2.64. The summed E-state index contributed by atoms with van der Waals surface area (Å²) in [7, 11) is 0. The molecule has 0 bridgehead atoms. The van der Waals surface area contributed by atoms with Crippen LogP contribution in [0.1, 0.15) is 5.69 Å². The van der Waals surface area contributed by atoms with Gasteiger partial charge in [-0.15, -0.1) is 10.2 Å². The molecule has 0 atom stereocenters. The fourth-order valence-electron chi connectivity index (χ4n) is 1.81. The standard InChI is InChI=1S/C12H8F3N5/c13-12(14,15)10-3-4-11(19-18-10)20-9-5-8(16)2-1-7(9)6-17-20/h1-6H,16H2. The van der Waals surface area contributed by atoms with Crippen LogP contribution in [0.5, 0.6) is 0 Å². The number of nitrogens with two attached hydrogens (primary N) is 1. The summed E-state index contributed by atoms with van der Waals surface area (Å²) in [5.74, 6) is 0.193. The summed E-state index contributed by atoms with van der Waals surface area (Å²) in [6, 6.07) is 7.23. The Morgan fingerprint density at radius 3 is 2.50 bits per heavy atom. The first kappa shape index (κ1) is 12.4. The molecule has 0 aliphatic carbocycles. The molecular formula is C12H8F3N5. The van der Waals surface area contributed by atoms with E-state index < -0.39 is 11.9 Å². The first-order valence-corrected chi connectivity index (χ1v) is 5.60. The molecule has 2 N–H and O–H groups in total. The van der Waals surface area contributed by atoms with E-state index in [1.54, 1.807) is 24.4 Å². The minimum Gasteiger partial charge on any atom is -0.399 e. The number of rotatable bonds is 1. The minimum absolute atomic E-state index is 0.193. The lowest BCUT2D eigenvalue weighted by Gasteiger charge is -2.06. The number of alkyl halides is 3. The third-order valence-electron chi connectivity index (χ3n) is 2.75. The van der Waals surface area contributed by atoms with Crippen LogP contribution in [0.3, 0.4) is 0 Å². The van der Waals surface area contributed by atoms with E-state index in [-0.39, 0.29) is 5.82 Å². The van der Waals surface area contributed by atoms with Crippen LogP contribution in [-0.2, 0) is 6.18 Å². The number of benzene rings is 1. The van der Waals surface area contributed by atoms with Crippen molar-refractivity contribution in [3.63, 3.8) is 0 Å². The van der Waals surface area contributed by atoms with Gasteiger partial charge in [-0.25, -0.2) is 4.68 Å².